The van der Waals surface area contributed by atoms with Gasteiger partial charge in [-0.25, -0.2) is 9.78 Å². The van der Waals surface area contributed by atoms with E-state index in [2.05, 4.69) is 25.8 Å². The van der Waals surface area contributed by atoms with E-state index in [0.29, 0.717) is 24.0 Å². The lowest BCUT2D eigenvalue weighted by atomic mass is 10.1. The number of benzene rings is 1. The van der Waals surface area contributed by atoms with Crippen LogP contribution in [0.1, 0.15) is 45.5 Å². The molecule has 1 aromatic carbocycles. The largest absolute Gasteiger partial charge is 0.482 e. The maximum atomic E-state index is 12.6. The van der Waals surface area contributed by atoms with Gasteiger partial charge in [-0.05, 0) is 50.3 Å². The number of hydrogen-bond donors (Lipinski definition) is 0. The number of esters is 1. The molecule has 0 bridgehead atoms. The molecule has 7 heteroatoms. The van der Waals surface area contributed by atoms with E-state index >= 15 is 0 Å². The van der Waals surface area contributed by atoms with Gasteiger partial charge < -0.3 is 9.47 Å². The molecule has 2 aromatic rings. The number of nitrogens with zero attached hydrogens (tertiary/aromatic N) is 2. The van der Waals surface area contributed by atoms with Gasteiger partial charge in [-0.3, -0.25) is 9.69 Å². The summed E-state index contributed by atoms with van der Waals surface area (Å²) in [6.45, 7) is 8.23. The summed E-state index contributed by atoms with van der Waals surface area (Å²) >= 11 is 1.63. The Morgan fingerprint density at radius 3 is 2.86 bits per heavy atom. The molecular weight excluding hydrogens is 388 g/mol. The Hall–Kier alpha value is -2.41. The second kappa shape index (κ2) is 9.39. The zero-order valence-corrected chi connectivity index (χ0v) is 18.3. The molecular formula is C22H28N2O4S. The van der Waals surface area contributed by atoms with Crippen LogP contribution in [0.25, 0.3) is 11.3 Å². The van der Waals surface area contributed by atoms with Gasteiger partial charge in [-0.2, -0.15) is 0 Å². The summed E-state index contributed by atoms with van der Waals surface area (Å²) in [4.78, 5) is 31.3. The summed E-state index contributed by atoms with van der Waals surface area (Å²) in [6, 6.07) is 4.91. The fourth-order valence-corrected chi connectivity index (χ4v) is 4.06. The number of rotatable bonds is 8. The van der Waals surface area contributed by atoms with Gasteiger partial charge in [-0.1, -0.05) is 20.8 Å². The fraction of sp³-hybridized carbons (Fsp3) is 0.500. The van der Waals surface area contributed by atoms with Crippen molar-refractivity contribution >= 4 is 28.9 Å². The standard InChI is InChI=1S/C22H28N2O4S/c1-5-6-20-23-17(13-29-20)16-7-8-19-18(11-16)24(21(25)12-28-19)15(4)22(26)27-10-9-14(2)3/h7-8,11,13-15H,5-6,9-10,12H2,1-4H3. The van der Waals surface area contributed by atoms with Crippen LogP contribution in [-0.4, -0.2) is 36.1 Å². The summed E-state index contributed by atoms with van der Waals surface area (Å²) < 4.78 is 11.0. The van der Waals surface area contributed by atoms with Crippen LogP contribution >= 0.6 is 11.3 Å². The third-order valence-corrected chi connectivity index (χ3v) is 5.73. The lowest BCUT2D eigenvalue weighted by Gasteiger charge is -2.33. The molecule has 1 atom stereocenters. The number of carbonyl (C=O) groups excluding carboxylic acids is 2. The van der Waals surface area contributed by atoms with Crippen LogP contribution in [0.5, 0.6) is 5.75 Å². The Bertz CT molecular complexity index is 877. The van der Waals surface area contributed by atoms with Gasteiger partial charge in [0, 0.05) is 10.9 Å². The van der Waals surface area contributed by atoms with E-state index in [-0.39, 0.29) is 12.5 Å². The minimum atomic E-state index is -0.723. The fourth-order valence-electron chi connectivity index (χ4n) is 3.15. The van der Waals surface area contributed by atoms with Gasteiger partial charge in [-0.15, -0.1) is 11.3 Å². The molecule has 0 N–H and O–H groups in total. The molecule has 3 rings (SSSR count). The quantitative estimate of drug-likeness (QED) is 0.594. The van der Waals surface area contributed by atoms with Crippen molar-refractivity contribution in [1.29, 1.82) is 0 Å². The van der Waals surface area contributed by atoms with Crippen LogP contribution < -0.4 is 9.64 Å². The van der Waals surface area contributed by atoms with Gasteiger partial charge >= 0.3 is 5.97 Å². The van der Waals surface area contributed by atoms with Crippen LogP contribution in [-0.2, 0) is 20.7 Å². The molecule has 2 heterocycles. The van der Waals surface area contributed by atoms with E-state index in [9.17, 15) is 9.59 Å². The van der Waals surface area contributed by atoms with E-state index in [0.717, 1.165) is 35.5 Å². The normalized spacial score (nSPS) is 14.5. The summed E-state index contributed by atoms with van der Waals surface area (Å²) in [5, 5.41) is 3.11. The highest BCUT2D eigenvalue weighted by Gasteiger charge is 2.34. The minimum Gasteiger partial charge on any atom is -0.482 e. The first kappa shape index (κ1) is 21.3. The van der Waals surface area contributed by atoms with Crippen LogP contribution in [0, 0.1) is 5.92 Å². The van der Waals surface area contributed by atoms with Crippen molar-refractivity contribution in [2.24, 2.45) is 5.92 Å². The van der Waals surface area contributed by atoms with Crippen molar-refractivity contribution in [3.05, 3.63) is 28.6 Å². The average molecular weight is 417 g/mol. The van der Waals surface area contributed by atoms with Gasteiger partial charge in [0.25, 0.3) is 5.91 Å². The van der Waals surface area contributed by atoms with E-state index in [1.54, 1.807) is 18.3 Å². The second-order valence-electron chi connectivity index (χ2n) is 7.64. The molecule has 6 nitrogen and oxygen atoms in total. The molecule has 0 radical (unpaired) electrons. The van der Waals surface area contributed by atoms with Crippen molar-refractivity contribution in [2.75, 3.05) is 18.1 Å². The van der Waals surface area contributed by atoms with Gasteiger partial charge in [0.15, 0.2) is 6.61 Å². The highest BCUT2D eigenvalue weighted by molar-refractivity contribution is 7.09. The van der Waals surface area contributed by atoms with E-state index < -0.39 is 12.0 Å². The first-order chi connectivity index (χ1) is 13.9. The van der Waals surface area contributed by atoms with E-state index in [4.69, 9.17) is 9.47 Å². The molecule has 0 aliphatic carbocycles. The lowest BCUT2D eigenvalue weighted by Crippen LogP contribution is -2.48. The highest BCUT2D eigenvalue weighted by Crippen LogP contribution is 2.37. The predicted molar refractivity (Wildman–Crippen MR) is 114 cm³/mol. The summed E-state index contributed by atoms with van der Waals surface area (Å²) in [5.74, 6) is 0.366. The third-order valence-electron chi connectivity index (χ3n) is 4.82. The van der Waals surface area contributed by atoms with Crippen LogP contribution in [0.2, 0.25) is 0 Å². The molecule has 1 unspecified atom stereocenters. The smallest absolute Gasteiger partial charge is 0.328 e. The van der Waals surface area contributed by atoms with E-state index in [1.165, 1.54) is 4.90 Å². The number of anilines is 1. The number of aromatic nitrogens is 1. The van der Waals surface area contributed by atoms with Gasteiger partial charge in [0.05, 0.1) is 23.0 Å². The molecule has 0 spiro atoms. The number of amides is 1. The third kappa shape index (κ3) is 4.96. The molecule has 1 aliphatic rings. The van der Waals surface area contributed by atoms with Crippen LogP contribution in [0.4, 0.5) is 5.69 Å². The van der Waals surface area contributed by atoms with Crippen LogP contribution in [0.15, 0.2) is 23.6 Å². The molecule has 1 aliphatic heterocycles. The van der Waals surface area contributed by atoms with Gasteiger partial charge in [0.2, 0.25) is 0 Å². The number of thiazole rings is 1. The zero-order chi connectivity index (χ0) is 21.0. The maximum absolute atomic E-state index is 12.6. The molecule has 1 amide bonds. The Morgan fingerprint density at radius 2 is 2.14 bits per heavy atom. The predicted octanol–water partition coefficient (Wildman–Crippen LogP) is 4.47. The number of carbonyl (C=O) groups is 2. The summed E-state index contributed by atoms with van der Waals surface area (Å²) in [6.07, 6.45) is 2.78. The molecule has 29 heavy (non-hydrogen) atoms. The maximum Gasteiger partial charge on any atom is 0.328 e. The zero-order valence-electron chi connectivity index (χ0n) is 17.4. The van der Waals surface area contributed by atoms with Crippen molar-refractivity contribution in [3.8, 4) is 17.0 Å². The van der Waals surface area contributed by atoms with Crippen LogP contribution in [0.3, 0.4) is 0 Å². The first-order valence-electron chi connectivity index (χ1n) is 10.1. The highest BCUT2D eigenvalue weighted by atomic mass is 32.1. The van der Waals surface area contributed by atoms with Crippen molar-refractivity contribution in [2.45, 2.75) is 53.0 Å². The van der Waals surface area contributed by atoms with Crippen molar-refractivity contribution < 1.29 is 19.1 Å². The number of aryl methyl sites for hydroxylation is 1. The first-order valence-corrected chi connectivity index (χ1v) is 11.0. The number of fused-ring (bicyclic) bond motifs is 1. The summed E-state index contributed by atoms with van der Waals surface area (Å²) in [5.41, 5.74) is 2.34. The van der Waals surface area contributed by atoms with Gasteiger partial charge in [0.1, 0.15) is 11.8 Å². The molecule has 0 saturated heterocycles. The minimum absolute atomic E-state index is 0.0900. The lowest BCUT2D eigenvalue weighted by molar-refractivity contribution is -0.146. The molecule has 0 saturated carbocycles. The average Bonchev–Trinajstić information content (AvgIpc) is 3.15. The van der Waals surface area contributed by atoms with Crippen molar-refractivity contribution in [1.82, 2.24) is 4.98 Å². The molecule has 0 fully saturated rings. The monoisotopic (exact) mass is 416 g/mol. The van der Waals surface area contributed by atoms with E-state index in [1.807, 2.05) is 23.6 Å². The topological polar surface area (TPSA) is 68.7 Å². The second-order valence-corrected chi connectivity index (χ2v) is 8.58. The molecule has 1 aromatic heterocycles. The Balaban J connectivity index is 1.85. The number of ether oxygens (including phenoxy) is 2. The Labute approximate surface area is 175 Å². The molecule has 156 valence electrons. The van der Waals surface area contributed by atoms with Crippen molar-refractivity contribution in [3.63, 3.8) is 0 Å². The Kier molecular flexibility index (Phi) is 6.90. The Morgan fingerprint density at radius 1 is 1.34 bits per heavy atom. The SMILES string of the molecule is CCCc1nc(-c2ccc3c(c2)N(C(C)C(=O)OCCC(C)C)C(=O)CO3)cs1. The number of hydrogen-bond acceptors (Lipinski definition) is 6. The summed E-state index contributed by atoms with van der Waals surface area (Å²) in [7, 11) is 0.